The molecule has 0 saturated carbocycles. The number of rotatable bonds is 4. The van der Waals surface area contributed by atoms with E-state index in [1.54, 1.807) is 0 Å². The molecule has 0 aliphatic carbocycles. The fourth-order valence-electron chi connectivity index (χ4n) is 3.08. The highest BCUT2D eigenvalue weighted by molar-refractivity contribution is 5.95. The van der Waals surface area contributed by atoms with E-state index < -0.39 is 0 Å². The third-order valence-electron chi connectivity index (χ3n) is 4.42. The summed E-state index contributed by atoms with van der Waals surface area (Å²) in [6.45, 7) is 8.51. The summed E-state index contributed by atoms with van der Waals surface area (Å²) in [4.78, 5) is 19.0. The molecule has 1 unspecified atom stereocenters. The van der Waals surface area contributed by atoms with E-state index >= 15 is 0 Å². The third-order valence-corrected chi connectivity index (χ3v) is 4.42. The Bertz CT molecular complexity index is 754. The number of carbonyl (C=O) groups is 1. The summed E-state index contributed by atoms with van der Waals surface area (Å²) in [5, 5.41) is 4.07. The van der Waals surface area contributed by atoms with Crippen LogP contribution in [-0.4, -0.2) is 40.6 Å². The Morgan fingerprint density at radius 3 is 2.81 bits per heavy atom. The molecule has 1 aromatic heterocycles. The van der Waals surface area contributed by atoms with E-state index in [-0.39, 0.29) is 23.7 Å². The number of benzene rings is 1. The second kappa shape index (κ2) is 8.18. The molecule has 6 nitrogen and oxygen atoms in total. The van der Waals surface area contributed by atoms with Crippen molar-refractivity contribution in [3.8, 4) is 11.4 Å². The van der Waals surface area contributed by atoms with Crippen molar-refractivity contribution in [1.29, 1.82) is 0 Å². The minimum Gasteiger partial charge on any atom is -0.339 e. The Morgan fingerprint density at radius 2 is 2.15 bits per heavy atom. The SMILES string of the molecule is CC(C)(C)Cc1nc(-c2cccc(C(=O)N3CCC(CN)C3)c2)no1.Cl. The second-order valence-corrected chi connectivity index (χ2v) is 7.97. The molecule has 0 spiro atoms. The van der Waals surface area contributed by atoms with E-state index in [0.717, 1.165) is 25.1 Å². The number of likely N-dealkylation sites (tertiary alicyclic amines) is 1. The largest absolute Gasteiger partial charge is 0.339 e. The maximum atomic E-state index is 12.7. The molecule has 1 aliphatic heterocycles. The average Bonchev–Trinajstić information content (AvgIpc) is 3.22. The van der Waals surface area contributed by atoms with E-state index in [2.05, 4.69) is 30.9 Å². The van der Waals surface area contributed by atoms with Crippen LogP contribution in [0.25, 0.3) is 11.4 Å². The van der Waals surface area contributed by atoms with Gasteiger partial charge in [-0.1, -0.05) is 38.1 Å². The van der Waals surface area contributed by atoms with Crippen molar-refractivity contribution < 1.29 is 9.32 Å². The van der Waals surface area contributed by atoms with Gasteiger partial charge >= 0.3 is 0 Å². The van der Waals surface area contributed by atoms with Gasteiger partial charge in [0, 0.05) is 30.6 Å². The van der Waals surface area contributed by atoms with Crippen LogP contribution >= 0.6 is 12.4 Å². The normalized spacial score (nSPS) is 17.2. The smallest absolute Gasteiger partial charge is 0.253 e. The Kier molecular flexibility index (Phi) is 6.42. The first-order chi connectivity index (χ1) is 11.9. The molecule has 1 aromatic carbocycles. The first kappa shape index (κ1) is 20.4. The number of nitrogens with two attached hydrogens (primary N) is 1. The molecule has 1 fully saturated rings. The zero-order chi connectivity index (χ0) is 18.0. The molecule has 0 bridgehead atoms. The standard InChI is InChI=1S/C19H26N4O2.ClH/c1-19(2,3)10-16-21-17(22-25-16)14-5-4-6-15(9-14)18(24)23-8-7-13(11-20)12-23;/h4-6,9,13H,7-8,10-12,20H2,1-3H3;1H. The summed E-state index contributed by atoms with van der Waals surface area (Å²) in [6.07, 6.45) is 1.69. The minimum atomic E-state index is 0. The molecule has 1 amide bonds. The Hall–Kier alpha value is -1.92. The van der Waals surface area contributed by atoms with Crippen LogP contribution in [0.2, 0.25) is 0 Å². The highest BCUT2D eigenvalue weighted by Gasteiger charge is 2.26. The van der Waals surface area contributed by atoms with Gasteiger partial charge in [0.2, 0.25) is 11.7 Å². The second-order valence-electron chi connectivity index (χ2n) is 7.97. The third kappa shape index (κ3) is 4.83. The molecule has 3 rings (SSSR count). The van der Waals surface area contributed by atoms with E-state index in [1.165, 1.54) is 0 Å². The lowest BCUT2D eigenvalue weighted by atomic mass is 9.92. The molecule has 142 valence electrons. The van der Waals surface area contributed by atoms with E-state index in [1.807, 2.05) is 29.2 Å². The van der Waals surface area contributed by atoms with Gasteiger partial charge in [0.05, 0.1) is 0 Å². The maximum Gasteiger partial charge on any atom is 0.253 e. The monoisotopic (exact) mass is 378 g/mol. The predicted molar refractivity (Wildman–Crippen MR) is 103 cm³/mol. The molecule has 1 aliphatic rings. The van der Waals surface area contributed by atoms with Crippen molar-refractivity contribution in [2.24, 2.45) is 17.1 Å². The van der Waals surface area contributed by atoms with Crippen molar-refractivity contribution in [3.63, 3.8) is 0 Å². The zero-order valence-corrected chi connectivity index (χ0v) is 16.4. The number of nitrogens with zero attached hydrogens (tertiary/aromatic N) is 3. The number of halogens is 1. The van der Waals surface area contributed by atoms with Crippen molar-refractivity contribution >= 4 is 18.3 Å². The lowest BCUT2D eigenvalue weighted by Crippen LogP contribution is -2.29. The molecule has 2 aromatic rings. The molecular weight excluding hydrogens is 352 g/mol. The lowest BCUT2D eigenvalue weighted by molar-refractivity contribution is 0.0787. The van der Waals surface area contributed by atoms with Crippen molar-refractivity contribution in [2.45, 2.75) is 33.6 Å². The highest BCUT2D eigenvalue weighted by Crippen LogP contribution is 2.24. The fraction of sp³-hybridized carbons (Fsp3) is 0.526. The highest BCUT2D eigenvalue weighted by atomic mass is 35.5. The van der Waals surface area contributed by atoms with Gasteiger partial charge in [-0.15, -0.1) is 12.4 Å². The number of hydrogen-bond acceptors (Lipinski definition) is 5. The summed E-state index contributed by atoms with van der Waals surface area (Å²) in [5.41, 5.74) is 7.24. The van der Waals surface area contributed by atoms with Crippen LogP contribution in [0.15, 0.2) is 28.8 Å². The Balaban J connectivity index is 0.00000243. The molecule has 1 atom stereocenters. The topological polar surface area (TPSA) is 85.2 Å². The van der Waals surface area contributed by atoms with E-state index in [0.29, 0.717) is 36.2 Å². The van der Waals surface area contributed by atoms with Crippen molar-refractivity contribution in [1.82, 2.24) is 15.0 Å². The first-order valence-corrected chi connectivity index (χ1v) is 8.78. The molecular formula is C19H27ClN4O2. The van der Waals surface area contributed by atoms with Crippen LogP contribution in [0.5, 0.6) is 0 Å². The van der Waals surface area contributed by atoms with Crippen LogP contribution in [-0.2, 0) is 6.42 Å². The fourth-order valence-corrected chi connectivity index (χ4v) is 3.08. The van der Waals surface area contributed by atoms with Gasteiger partial charge in [0.1, 0.15) is 0 Å². The van der Waals surface area contributed by atoms with Gasteiger partial charge in [0.25, 0.3) is 5.91 Å². The Labute approximate surface area is 160 Å². The quantitative estimate of drug-likeness (QED) is 0.883. The van der Waals surface area contributed by atoms with Gasteiger partial charge in [-0.3, -0.25) is 4.79 Å². The van der Waals surface area contributed by atoms with Gasteiger partial charge in [-0.05, 0) is 36.4 Å². The molecule has 26 heavy (non-hydrogen) atoms. The first-order valence-electron chi connectivity index (χ1n) is 8.78. The van der Waals surface area contributed by atoms with Crippen LogP contribution in [0, 0.1) is 11.3 Å². The zero-order valence-electron chi connectivity index (χ0n) is 15.6. The van der Waals surface area contributed by atoms with Gasteiger partial charge < -0.3 is 15.2 Å². The lowest BCUT2D eigenvalue weighted by Gasteiger charge is -2.16. The van der Waals surface area contributed by atoms with Crippen LogP contribution in [0.3, 0.4) is 0 Å². The van der Waals surface area contributed by atoms with E-state index in [4.69, 9.17) is 10.3 Å². The number of aromatic nitrogens is 2. The summed E-state index contributed by atoms with van der Waals surface area (Å²) >= 11 is 0. The summed E-state index contributed by atoms with van der Waals surface area (Å²) in [5.74, 6) is 1.58. The molecule has 7 heteroatoms. The van der Waals surface area contributed by atoms with Crippen LogP contribution in [0.1, 0.15) is 43.4 Å². The minimum absolute atomic E-state index is 0. The molecule has 1 saturated heterocycles. The van der Waals surface area contributed by atoms with Gasteiger partial charge in [-0.2, -0.15) is 4.98 Å². The summed E-state index contributed by atoms with van der Waals surface area (Å²) in [7, 11) is 0. The van der Waals surface area contributed by atoms with Gasteiger partial charge in [0.15, 0.2) is 0 Å². The number of hydrogen-bond donors (Lipinski definition) is 1. The maximum absolute atomic E-state index is 12.7. The van der Waals surface area contributed by atoms with Crippen molar-refractivity contribution in [2.75, 3.05) is 19.6 Å². The van der Waals surface area contributed by atoms with Crippen LogP contribution in [0.4, 0.5) is 0 Å². The molecule has 2 heterocycles. The average molecular weight is 379 g/mol. The summed E-state index contributed by atoms with van der Waals surface area (Å²) < 4.78 is 5.35. The predicted octanol–water partition coefficient (Wildman–Crippen LogP) is 3.17. The van der Waals surface area contributed by atoms with Gasteiger partial charge in [-0.25, -0.2) is 0 Å². The molecule has 0 radical (unpaired) electrons. The number of carbonyl (C=O) groups excluding carboxylic acids is 1. The number of amides is 1. The molecule has 2 N–H and O–H groups in total. The van der Waals surface area contributed by atoms with E-state index in [9.17, 15) is 4.79 Å². The van der Waals surface area contributed by atoms with Crippen LogP contribution < -0.4 is 5.73 Å². The Morgan fingerprint density at radius 1 is 1.38 bits per heavy atom. The summed E-state index contributed by atoms with van der Waals surface area (Å²) in [6, 6.07) is 7.43. The van der Waals surface area contributed by atoms with Crippen molar-refractivity contribution in [3.05, 3.63) is 35.7 Å².